The van der Waals surface area contributed by atoms with Crippen LogP contribution in [-0.4, -0.2) is 43.7 Å². The molecule has 0 spiro atoms. The highest BCUT2D eigenvalue weighted by atomic mass is 32.2. The fraction of sp³-hybridized carbons (Fsp3) is 0.529. The molecule has 1 aromatic carbocycles. The quantitative estimate of drug-likeness (QED) is 0.749. The van der Waals surface area contributed by atoms with Gasteiger partial charge in [0.15, 0.2) is 0 Å². The van der Waals surface area contributed by atoms with E-state index in [2.05, 4.69) is 5.32 Å². The smallest absolute Gasteiger partial charge is 0.251 e. The second-order valence-electron chi connectivity index (χ2n) is 6.29. The molecular weight excluding hydrogens is 344 g/mol. The summed E-state index contributed by atoms with van der Waals surface area (Å²) in [6.45, 7) is 4.55. The van der Waals surface area contributed by atoms with Crippen molar-refractivity contribution in [2.75, 3.05) is 13.1 Å². The van der Waals surface area contributed by atoms with Gasteiger partial charge in [-0.2, -0.15) is 4.31 Å². The Balaban J connectivity index is 2.13. The Morgan fingerprint density at radius 2 is 1.76 bits per heavy atom. The minimum atomic E-state index is -3.54. The van der Waals surface area contributed by atoms with E-state index in [4.69, 9.17) is 0 Å². The SMILES string of the molecule is CC[C@H](C)[C@H](NC(=O)c1ccc(S(=O)(=O)N2CCCC2)cc1)C(=O)[O-]. The van der Waals surface area contributed by atoms with Crippen molar-refractivity contribution in [1.29, 1.82) is 0 Å². The number of carboxylic acid groups (broad SMARTS) is 1. The maximum Gasteiger partial charge on any atom is 0.251 e. The average molecular weight is 367 g/mol. The zero-order valence-electron chi connectivity index (χ0n) is 14.4. The van der Waals surface area contributed by atoms with E-state index in [9.17, 15) is 23.1 Å². The van der Waals surface area contributed by atoms with Gasteiger partial charge in [-0.25, -0.2) is 8.42 Å². The van der Waals surface area contributed by atoms with E-state index < -0.39 is 27.9 Å². The summed E-state index contributed by atoms with van der Waals surface area (Å²) in [6.07, 6.45) is 2.27. The second kappa shape index (κ2) is 7.97. The highest BCUT2D eigenvalue weighted by Crippen LogP contribution is 2.21. The van der Waals surface area contributed by atoms with Gasteiger partial charge >= 0.3 is 0 Å². The molecular formula is C17H23N2O5S-. The molecule has 1 aliphatic rings. The topological polar surface area (TPSA) is 107 Å². The number of hydrogen-bond donors (Lipinski definition) is 1. The van der Waals surface area contributed by atoms with Gasteiger partial charge in [0.2, 0.25) is 10.0 Å². The lowest BCUT2D eigenvalue weighted by molar-refractivity contribution is -0.309. The summed E-state index contributed by atoms with van der Waals surface area (Å²) in [7, 11) is -3.54. The van der Waals surface area contributed by atoms with Gasteiger partial charge in [0, 0.05) is 18.7 Å². The molecule has 0 aliphatic carbocycles. The molecule has 1 amide bonds. The lowest BCUT2D eigenvalue weighted by Gasteiger charge is -2.25. The molecule has 25 heavy (non-hydrogen) atoms. The van der Waals surface area contributed by atoms with Gasteiger partial charge in [-0.05, 0) is 43.0 Å². The van der Waals surface area contributed by atoms with Crippen LogP contribution in [-0.2, 0) is 14.8 Å². The van der Waals surface area contributed by atoms with Crippen molar-refractivity contribution in [1.82, 2.24) is 9.62 Å². The van der Waals surface area contributed by atoms with Gasteiger partial charge in [0.05, 0.1) is 16.9 Å². The van der Waals surface area contributed by atoms with Gasteiger partial charge in [-0.15, -0.1) is 0 Å². The number of carbonyl (C=O) groups is 2. The van der Waals surface area contributed by atoms with Crippen molar-refractivity contribution < 1.29 is 23.1 Å². The third-order valence-corrected chi connectivity index (χ3v) is 6.49. The molecule has 2 rings (SSSR count). The predicted octanol–water partition coefficient (Wildman–Crippen LogP) is 0.366. The minimum absolute atomic E-state index is 0.129. The van der Waals surface area contributed by atoms with Crippen molar-refractivity contribution in [3.05, 3.63) is 29.8 Å². The molecule has 8 heteroatoms. The van der Waals surface area contributed by atoms with Crippen LogP contribution in [0.3, 0.4) is 0 Å². The molecule has 0 bridgehead atoms. The number of nitrogens with one attached hydrogen (secondary N) is 1. The molecule has 1 N–H and O–H groups in total. The van der Waals surface area contributed by atoms with E-state index in [0.29, 0.717) is 19.5 Å². The van der Waals surface area contributed by atoms with Crippen molar-refractivity contribution in [2.45, 2.75) is 44.0 Å². The molecule has 1 saturated heterocycles. The van der Waals surface area contributed by atoms with Crippen molar-refractivity contribution in [3.8, 4) is 0 Å². The van der Waals surface area contributed by atoms with Crippen LogP contribution in [0.15, 0.2) is 29.2 Å². The molecule has 1 fully saturated rings. The van der Waals surface area contributed by atoms with E-state index >= 15 is 0 Å². The van der Waals surface area contributed by atoms with Crippen LogP contribution in [0.5, 0.6) is 0 Å². The summed E-state index contributed by atoms with van der Waals surface area (Å²) in [5.41, 5.74) is 0.204. The largest absolute Gasteiger partial charge is 0.548 e. The van der Waals surface area contributed by atoms with E-state index in [1.807, 2.05) is 6.92 Å². The maximum absolute atomic E-state index is 12.5. The molecule has 1 aromatic rings. The Kier molecular flexibility index (Phi) is 6.18. The highest BCUT2D eigenvalue weighted by molar-refractivity contribution is 7.89. The number of sulfonamides is 1. The zero-order chi connectivity index (χ0) is 18.6. The third kappa shape index (κ3) is 4.38. The number of benzene rings is 1. The highest BCUT2D eigenvalue weighted by Gasteiger charge is 2.27. The Morgan fingerprint density at radius 1 is 1.20 bits per heavy atom. The van der Waals surface area contributed by atoms with Gasteiger partial charge in [0.25, 0.3) is 5.91 Å². The number of carbonyl (C=O) groups excluding carboxylic acids is 2. The van der Waals surface area contributed by atoms with E-state index in [1.165, 1.54) is 28.6 Å². The third-order valence-electron chi connectivity index (χ3n) is 4.57. The minimum Gasteiger partial charge on any atom is -0.548 e. The number of aliphatic carboxylic acids is 1. The second-order valence-corrected chi connectivity index (χ2v) is 8.23. The van der Waals surface area contributed by atoms with Crippen LogP contribution in [0, 0.1) is 5.92 Å². The standard InChI is InChI=1S/C17H24N2O5S/c1-3-12(2)15(17(21)22)18-16(20)13-6-8-14(9-7-13)25(23,24)19-10-4-5-11-19/h6-9,12,15H,3-5,10-11H2,1-2H3,(H,18,20)(H,21,22)/p-1/t12-,15-/m0/s1. The number of rotatable bonds is 7. The summed E-state index contributed by atoms with van der Waals surface area (Å²) < 4.78 is 26.3. The van der Waals surface area contributed by atoms with Crippen LogP contribution in [0.1, 0.15) is 43.5 Å². The van der Waals surface area contributed by atoms with Crippen molar-refractivity contribution >= 4 is 21.9 Å². The number of amides is 1. The van der Waals surface area contributed by atoms with E-state index in [0.717, 1.165) is 12.8 Å². The van der Waals surface area contributed by atoms with Crippen LogP contribution in [0.2, 0.25) is 0 Å². The normalized spacial score (nSPS) is 17.8. The summed E-state index contributed by atoms with van der Waals surface area (Å²) in [6, 6.07) is 4.44. The average Bonchev–Trinajstić information content (AvgIpc) is 3.14. The molecule has 0 radical (unpaired) electrons. The van der Waals surface area contributed by atoms with E-state index in [-0.39, 0.29) is 16.4 Å². The Labute approximate surface area is 148 Å². The summed E-state index contributed by atoms with van der Waals surface area (Å²) in [4.78, 5) is 23.6. The van der Waals surface area contributed by atoms with Gasteiger partial charge in [-0.1, -0.05) is 20.3 Å². The number of carboxylic acids is 1. The lowest BCUT2D eigenvalue weighted by atomic mass is 9.99. The van der Waals surface area contributed by atoms with Crippen molar-refractivity contribution in [2.24, 2.45) is 5.92 Å². The van der Waals surface area contributed by atoms with Gasteiger partial charge in [-0.3, -0.25) is 4.79 Å². The number of hydrogen-bond acceptors (Lipinski definition) is 5. The van der Waals surface area contributed by atoms with E-state index in [1.54, 1.807) is 6.92 Å². The number of nitrogens with zero attached hydrogens (tertiary/aromatic N) is 1. The summed E-state index contributed by atoms with van der Waals surface area (Å²) in [5, 5.41) is 13.6. The van der Waals surface area contributed by atoms with Gasteiger partial charge in [0.1, 0.15) is 0 Å². The summed E-state index contributed by atoms with van der Waals surface area (Å²) in [5.74, 6) is -2.18. The zero-order valence-corrected chi connectivity index (χ0v) is 15.2. The van der Waals surface area contributed by atoms with Crippen LogP contribution < -0.4 is 10.4 Å². The van der Waals surface area contributed by atoms with Crippen LogP contribution in [0.25, 0.3) is 0 Å². The molecule has 0 saturated carbocycles. The monoisotopic (exact) mass is 367 g/mol. The predicted molar refractivity (Wildman–Crippen MR) is 90.2 cm³/mol. The first-order chi connectivity index (χ1) is 11.8. The summed E-state index contributed by atoms with van der Waals surface area (Å²) >= 11 is 0. The molecule has 1 heterocycles. The molecule has 0 unspecified atom stereocenters. The molecule has 0 aromatic heterocycles. The first-order valence-electron chi connectivity index (χ1n) is 8.39. The first-order valence-corrected chi connectivity index (χ1v) is 9.83. The molecule has 7 nitrogen and oxygen atoms in total. The maximum atomic E-state index is 12.5. The molecule has 1 aliphatic heterocycles. The van der Waals surface area contributed by atoms with Crippen LogP contribution in [0.4, 0.5) is 0 Å². The Bertz CT molecular complexity index is 724. The lowest BCUT2D eigenvalue weighted by Crippen LogP contribution is -2.51. The van der Waals surface area contributed by atoms with Crippen molar-refractivity contribution in [3.63, 3.8) is 0 Å². The fourth-order valence-corrected chi connectivity index (χ4v) is 4.27. The fourth-order valence-electron chi connectivity index (χ4n) is 2.75. The Hall–Kier alpha value is -1.93. The molecule has 138 valence electrons. The van der Waals surface area contributed by atoms with Crippen LogP contribution >= 0.6 is 0 Å². The molecule has 2 atom stereocenters. The van der Waals surface area contributed by atoms with Gasteiger partial charge < -0.3 is 15.2 Å². The Morgan fingerprint density at radius 3 is 2.24 bits per heavy atom. The first kappa shape index (κ1) is 19.4.